The fourth-order valence-electron chi connectivity index (χ4n) is 2.96. The summed E-state index contributed by atoms with van der Waals surface area (Å²) >= 11 is 0. The number of piperazine rings is 1. The van der Waals surface area contributed by atoms with E-state index in [1.54, 1.807) is 6.07 Å². The number of alkyl halides is 3. The molecule has 0 atom stereocenters. The lowest BCUT2D eigenvalue weighted by Crippen LogP contribution is -2.48. The van der Waals surface area contributed by atoms with Crippen molar-refractivity contribution in [2.45, 2.75) is 12.6 Å². The van der Waals surface area contributed by atoms with Gasteiger partial charge >= 0.3 is 6.18 Å². The van der Waals surface area contributed by atoms with E-state index in [1.807, 2.05) is 23.9 Å². The molecule has 0 unspecified atom stereocenters. The number of aromatic nitrogens is 2. The molecule has 0 N–H and O–H groups in total. The Labute approximate surface area is 146 Å². The van der Waals surface area contributed by atoms with Gasteiger partial charge in [0.15, 0.2) is 0 Å². The zero-order valence-electron chi connectivity index (χ0n) is 14.8. The molecular formula is C16H25F3N6. The van der Waals surface area contributed by atoms with Gasteiger partial charge in [0.05, 0.1) is 0 Å². The van der Waals surface area contributed by atoms with Crippen molar-refractivity contribution in [3.63, 3.8) is 0 Å². The third kappa shape index (κ3) is 4.52. The smallest absolute Gasteiger partial charge is 0.356 e. The summed E-state index contributed by atoms with van der Waals surface area (Å²) in [7, 11) is 4.07. The first-order valence-electron chi connectivity index (χ1n) is 8.66. The summed E-state index contributed by atoms with van der Waals surface area (Å²) in [6.45, 7) is 6.49. The summed E-state index contributed by atoms with van der Waals surface area (Å²) in [5, 5.41) is 0. The van der Waals surface area contributed by atoms with Crippen LogP contribution < -0.4 is 9.80 Å². The zero-order valence-corrected chi connectivity index (χ0v) is 14.8. The molecule has 6 nitrogen and oxygen atoms in total. The van der Waals surface area contributed by atoms with Crippen molar-refractivity contribution < 1.29 is 13.2 Å². The topological polar surface area (TPSA) is 38.7 Å². The van der Waals surface area contributed by atoms with Gasteiger partial charge in [0.1, 0.15) is 11.6 Å². The third-order valence-corrected chi connectivity index (χ3v) is 4.69. The minimum Gasteiger partial charge on any atom is -0.356 e. The van der Waals surface area contributed by atoms with Crippen molar-refractivity contribution >= 4 is 11.6 Å². The second kappa shape index (κ2) is 7.33. The SMILES string of the molecule is CN(C)CCN1CCN(c2cc(N3CCC3)nc(C(F)(F)F)n2)CC1. The predicted octanol–water partition coefficient (Wildman–Crippen LogP) is 1.39. The highest BCUT2D eigenvalue weighted by Crippen LogP contribution is 2.31. The van der Waals surface area contributed by atoms with E-state index < -0.39 is 12.0 Å². The molecule has 0 aliphatic carbocycles. The third-order valence-electron chi connectivity index (χ3n) is 4.69. The molecule has 0 aromatic carbocycles. The summed E-state index contributed by atoms with van der Waals surface area (Å²) in [6.07, 6.45) is -3.53. The second-order valence-electron chi connectivity index (χ2n) is 6.88. The molecule has 2 saturated heterocycles. The second-order valence-corrected chi connectivity index (χ2v) is 6.88. The quantitative estimate of drug-likeness (QED) is 0.792. The van der Waals surface area contributed by atoms with Gasteiger partial charge in [-0.3, -0.25) is 4.90 Å². The number of nitrogens with zero attached hydrogens (tertiary/aromatic N) is 6. The van der Waals surface area contributed by atoms with Gasteiger partial charge in [0.25, 0.3) is 0 Å². The molecule has 3 heterocycles. The Morgan fingerprint density at radius 3 is 1.96 bits per heavy atom. The largest absolute Gasteiger partial charge is 0.451 e. The molecule has 140 valence electrons. The molecule has 9 heteroatoms. The van der Waals surface area contributed by atoms with Crippen LogP contribution in [0.2, 0.25) is 0 Å². The lowest BCUT2D eigenvalue weighted by atomic mass is 10.2. The van der Waals surface area contributed by atoms with Crippen molar-refractivity contribution in [1.29, 1.82) is 0 Å². The normalized spacial score (nSPS) is 19.4. The fraction of sp³-hybridized carbons (Fsp3) is 0.750. The number of hydrogen-bond acceptors (Lipinski definition) is 6. The molecule has 2 fully saturated rings. The molecule has 0 radical (unpaired) electrons. The van der Waals surface area contributed by atoms with E-state index in [1.165, 1.54) is 0 Å². The number of anilines is 2. The van der Waals surface area contributed by atoms with Crippen LogP contribution in [0.1, 0.15) is 12.2 Å². The molecule has 0 saturated carbocycles. The Hall–Kier alpha value is -1.61. The molecule has 3 rings (SSSR count). The van der Waals surface area contributed by atoms with Crippen LogP contribution in [-0.4, -0.2) is 86.2 Å². The fourth-order valence-corrected chi connectivity index (χ4v) is 2.96. The van der Waals surface area contributed by atoms with Crippen LogP contribution in [0.5, 0.6) is 0 Å². The van der Waals surface area contributed by atoms with Gasteiger partial charge in [0.2, 0.25) is 5.82 Å². The Bertz CT molecular complexity index is 580. The van der Waals surface area contributed by atoms with E-state index in [2.05, 4.69) is 19.8 Å². The first-order chi connectivity index (χ1) is 11.8. The molecule has 0 bridgehead atoms. The van der Waals surface area contributed by atoms with Crippen LogP contribution in [0.15, 0.2) is 6.07 Å². The molecular weight excluding hydrogens is 333 g/mol. The van der Waals surface area contributed by atoms with E-state index in [4.69, 9.17) is 0 Å². The van der Waals surface area contributed by atoms with Crippen LogP contribution in [0, 0.1) is 0 Å². The van der Waals surface area contributed by atoms with Crippen LogP contribution in [-0.2, 0) is 6.18 Å². The maximum atomic E-state index is 13.2. The van der Waals surface area contributed by atoms with Gasteiger partial charge in [-0.2, -0.15) is 13.2 Å². The molecule has 1 aromatic rings. The maximum Gasteiger partial charge on any atom is 0.451 e. The van der Waals surface area contributed by atoms with Crippen LogP contribution in [0.3, 0.4) is 0 Å². The van der Waals surface area contributed by atoms with Crippen molar-refractivity contribution in [3.05, 3.63) is 11.9 Å². The predicted molar refractivity (Wildman–Crippen MR) is 91.1 cm³/mol. The number of rotatable bonds is 5. The summed E-state index contributed by atoms with van der Waals surface area (Å²) in [6, 6.07) is 1.70. The highest BCUT2D eigenvalue weighted by Gasteiger charge is 2.37. The highest BCUT2D eigenvalue weighted by molar-refractivity contribution is 5.52. The first-order valence-corrected chi connectivity index (χ1v) is 8.66. The lowest BCUT2D eigenvalue weighted by molar-refractivity contribution is -0.144. The van der Waals surface area contributed by atoms with E-state index >= 15 is 0 Å². The summed E-state index contributed by atoms with van der Waals surface area (Å²) in [4.78, 5) is 15.8. The Morgan fingerprint density at radius 2 is 1.52 bits per heavy atom. The van der Waals surface area contributed by atoms with Gasteiger partial charge in [0, 0.05) is 58.4 Å². The van der Waals surface area contributed by atoms with Crippen molar-refractivity contribution in [3.8, 4) is 0 Å². The van der Waals surface area contributed by atoms with Gasteiger partial charge < -0.3 is 14.7 Å². The summed E-state index contributed by atoms with van der Waals surface area (Å²) in [5.74, 6) is -0.267. The molecule has 1 aromatic heterocycles. The first kappa shape index (κ1) is 18.2. The van der Waals surface area contributed by atoms with Crippen molar-refractivity contribution in [2.75, 3.05) is 76.3 Å². The van der Waals surface area contributed by atoms with E-state index in [0.29, 0.717) is 24.7 Å². The highest BCUT2D eigenvalue weighted by atomic mass is 19.4. The molecule has 0 spiro atoms. The molecule has 2 aliphatic rings. The summed E-state index contributed by atoms with van der Waals surface area (Å²) < 4.78 is 39.5. The average molecular weight is 358 g/mol. The Morgan fingerprint density at radius 1 is 0.960 bits per heavy atom. The number of hydrogen-bond donors (Lipinski definition) is 0. The van der Waals surface area contributed by atoms with Gasteiger partial charge in [-0.15, -0.1) is 0 Å². The van der Waals surface area contributed by atoms with E-state index in [-0.39, 0.29) is 0 Å². The van der Waals surface area contributed by atoms with Gasteiger partial charge in [-0.05, 0) is 20.5 Å². The maximum absolute atomic E-state index is 13.2. The minimum absolute atomic E-state index is 0.386. The number of halogens is 3. The number of likely N-dealkylation sites (N-methyl/N-ethyl adjacent to an activating group) is 1. The lowest BCUT2D eigenvalue weighted by Gasteiger charge is -2.37. The van der Waals surface area contributed by atoms with Crippen LogP contribution in [0.25, 0.3) is 0 Å². The molecule has 0 amide bonds. The van der Waals surface area contributed by atoms with E-state index in [9.17, 15) is 13.2 Å². The standard InChI is InChI=1S/C16H25F3N6/c1-22(2)6-7-23-8-10-25(11-9-23)14-12-13(24-4-3-5-24)20-15(21-14)16(17,18)19/h12H,3-11H2,1-2H3. The van der Waals surface area contributed by atoms with Gasteiger partial charge in [-0.1, -0.05) is 0 Å². The van der Waals surface area contributed by atoms with Crippen molar-refractivity contribution in [1.82, 2.24) is 19.8 Å². The average Bonchev–Trinajstić information content (AvgIpc) is 2.50. The zero-order chi connectivity index (χ0) is 18.0. The Kier molecular flexibility index (Phi) is 5.33. The molecule has 2 aliphatic heterocycles. The van der Waals surface area contributed by atoms with Crippen LogP contribution >= 0.6 is 0 Å². The summed E-state index contributed by atoms with van der Waals surface area (Å²) in [5.41, 5.74) is 0. The molecule has 25 heavy (non-hydrogen) atoms. The van der Waals surface area contributed by atoms with E-state index in [0.717, 1.165) is 45.7 Å². The monoisotopic (exact) mass is 358 g/mol. The van der Waals surface area contributed by atoms with Gasteiger partial charge in [-0.25, -0.2) is 9.97 Å². The van der Waals surface area contributed by atoms with Crippen molar-refractivity contribution in [2.24, 2.45) is 0 Å². The Balaban J connectivity index is 1.71. The minimum atomic E-state index is -4.52. The van der Waals surface area contributed by atoms with Crippen LogP contribution in [0.4, 0.5) is 24.8 Å².